The summed E-state index contributed by atoms with van der Waals surface area (Å²) in [4.78, 5) is 4.07. The molecule has 0 bridgehead atoms. The Hall–Kier alpha value is -0.370. The lowest BCUT2D eigenvalue weighted by Crippen LogP contribution is -2.06. The topological polar surface area (TPSA) is 12.4 Å². The van der Waals surface area contributed by atoms with E-state index in [1.54, 1.807) is 0 Å². The lowest BCUT2D eigenvalue weighted by molar-refractivity contribution is 0.530. The predicted molar refractivity (Wildman–Crippen MR) is 53.0 cm³/mol. The van der Waals surface area contributed by atoms with Gasteiger partial charge in [-0.3, -0.25) is 4.99 Å². The predicted octanol–water partition coefficient (Wildman–Crippen LogP) is 3.28. The molecule has 1 aliphatic rings. The van der Waals surface area contributed by atoms with E-state index in [4.69, 9.17) is 0 Å². The van der Waals surface area contributed by atoms with Crippen molar-refractivity contribution in [1.82, 2.24) is 0 Å². The van der Waals surface area contributed by atoms with Crippen molar-refractivity contribution in [1.29, 1.82) is 0 Å². The van der Waals surface area contributed by atoms with Gasteiger partial charge in [0.05, 0.1) is 0 Å². The maximum Gasteiger partial charge on any atom is 0.0407 e. The molecule has 1 nitrogen and oxygen atoms in total. The van der Waals surface area contributed by atoms with Gasteiger partial charge in [-0.25, -0.2) is 0 Å². The van der Waals surface area contributed by atoms with Crippen LogP contribution in [-0.2, 0) is 0 Å². The zero-order chi connectivity index (χ0) is 8.32. The molecule has 0 amide bonds. The SMILES string of the molecule is CCC1(C)C=CN=CC(Br)=C1. The molecule has 0 aromatic rings. The van der Waals surface area contributed by atoms with Gasteiger partial charge in [0.15, 0.2) is 0 Å². The number of nitrogens with zero attached hydrogens (tertiary/aromatic N) is 1. The summed E-state index contributed by atoms with van der Waals surface area (Å²) >= 11 is 3.43. The Balaban J connectivity index is 2.92. The first-order chi connectivity index (χ1) is 5.16. The van der Waals surface area contributed by atoms with Crippen molar-refractivity contribution in [2.75, 3.05) is 0 Å². The summed E-state index contributed by atoms with van der Waals surface area (Å²) in [5.41, 5.74) is 0.162. The molecule has 0 radical (unpaired) electrons. The smallest absolute Gasteiger partial charge is 0.0407 e. The summed E-state index contributed by atoms with van der Waals surface area (Å²) in [6.07, 6.45) is 9.07. The van der Waals surface area contributed by atoms with Crippen molar-refractivity contribution in [2.24, 2.45) is 10.4 Å². The number of allylic oxidation sites excluding steroid dienone is 3. The molecule has 1 unspecified atom stereocenters. The fourth-order valence-corrected chi connectivity index (χ4v) is 1.59. The minimum Gasteiger partial charge on any atom is -0.264 e. The number of rotatable bonds is 1. The molecule has 1 aliphatic heterocycles. The highest BCUT2D eigenvalue weighted by atomic mass is 79.9. The summed E-state index contributed by atoms with van der Waals surface area (Å²) in [5, 5.41) is 0. The molecular formula is C9H12BrN. The van der Waals surface area contributed by atoms with E-state index in [-0.39, 0.29) is 5.41 Å². The van der Waals surface area contributed by atoms with E-state index in [1.165, 1.54) is 0 Å². The molecule has 1 heterocycles. The third-order valence-corrected chi connectivity index (χ3v) is 2.40. The van der Waals surface area contributed by atoms with Crippen LogP contribution in [-0.4, -0.2) is 6.21 Å². The third-order valence-electron chi connectivity index (χ3n) is 1.97. The average Bonchev–Trinajstić information content (AvgIpc) is 2.13. The van der Waals surface area contributed by atoms with Crippen LogP contribution in [0.5, 0.6) is 0 Å². The van der Waals surface area contributed by atoms with E-state index in [2.05, 4.69) is 46.9 Å². The lowest BCUT2D eigenvalue weighted by atomic mass is 9.87. The van der Waals surface area contributed by atoms with Crippen molar-refractivity contribution in [3.8, 4) is 0 Å². The Morgan fingerprint density at radius 3 is 3.00 bits per heavy atom. The van der Waals surface area contributed by atoms with E-state index in [1.807, 2.05) is 12.4 Å². The highest BCUT2D eigenvalue weighted by Crippen LogP contribution is 2.28. The molecule has 1 rings (SSSR count). The Labute approximate surface area is 76.0 Å². The summed E-state index contributed by atoms with van der Waals surface area (Å²) in [5.74, 6) is 0. The van der Waals surface area contributed by atoms with Crippen molar-refractivity contribution >= 4 is 22.1 Å². The Bertz CT molecular complexity index is 228. The maximum absolute atomic E-state index is 4.07. The Morgan fingerprint density at radius 2 is 2.36 bits per heavy atom. The van der Waals surface area contributed by atoms with E-state index in [0.29, 0.717) is 0 Å². The molecule has 0 N–H and O–H groups in total. The van der Waals surface area contributed by atoms with Gasteiger partial charge >= 0.3 is 0 Å². The largest absolute Gasteiger partial charge is 0.264 e. The Kier molecular flexibility index (Phi) is 2.66. The molecule has 0 aromatic heterocycles. The molecule has 11 heavy (non-hydrogen) atoms. The number of aliphatic imine (C=N–C) groups is 1. The molecule has 60 valence electrons. The van der Waals surface area contributed by atoms with Crippen LogP contribution in [0.4, 0.5) is 0 Å². The fraction of sp³-hybridized carbons (Fsp3) is 0.444. The van der Waals surface area contributed by atoms with Crippen molar-refractivity contribution in [3.05, 3.63) is 22.8 Å². The first-order valence-electron chi connectivity index (χ1n) is 3.75. The minimum absolute atomic E-state index is 0.162. The second-order valence-electron chi connectivity index (χ2n) is 2.98. The highest BCUT2D eigenvalue weighted by molar-refractivity contribution is 9.12. The third kappa shape index (κ3) is 2.29. The van der Waals surface area contributed by atoms with Gasteiger partial charge in [0.1, 0.15) is 0 Å². The van der Waals surface area contributed by atoms with E-state index in [0.717, 1.165) is 10.9 Å². The first kappa shape index (κ1) is 8.72. The van der Waals surface area contributed by atoms with Gasteiger partial charge in [-0.1, -0.05) is 26.0 Å². The van der Waals surface area contributed by atoms with Crippen LogP contribution >= 0.6 is 15.9 Å². The molecule has 2 heteroatoms. The van der Waals surface area contributed by atoms with Gasteiger partial charge in [0.2, 0.25) is 0 Å². The summed E-state index contributed by atoms with van der Waals surface area (Å²) in [6, 6.07) is 0. The molecule has 0 saturated heterocycles. The maximum atomic E-state index is 4.07. The monoisotopic (exact) mass is 213 g/mol. The zero-order valence-corrected chi connectivity index (χ0v) is 8.43. The van der Waals surface area contributed by atoms with Crippen molar-refractivity contribution < 1.29 is 0 Å². The van der Waals surface area contributed by atoms with E-state index < -0.39 is 0 Å². The summed E-state index contributed by atoms with van der Waals surface area (Å²) in [6.45, 7) is 4.37. The Morgan fingerprint density at radius 1 is 1.64 bits per heavy atom. The first-order valence-corrected chi connectivity index (χ1v) is 4.55. The standard InChI is InChI=1S/C9H12BrN/c1-3-9(2)4-5-11-7-8(10)6-9/h4-7H,3H2,1-2H3. The lowest BCUT2D eigenvalue weighted by Gasteiger charge is -2.18. The van der Waals surface area contributed by atoms with Crippen LogP contribution in [0.1, 0.15) is 20.3 Å². The zero-order valence-electron chi connectivity index (χ0n) is 6.84. The van der Waals surface area contributed by atoms with Crippen LogP contribution in [0.15, 0.2) is 27.8 Å². The quantitative estimate of drug-likeness (QED) is 0.635. The summed E-state index contributed by atoms with van der Waals surface area (Å²) < 4.78 is 1.06. The molecule has 0 spiro atoms. The minimum atomic E-state index is 0.162. The number of hydrogen-bond acceptors (Lipinski definition) is 1. The second-order valence-corrected chi connectivity index (χ2v) is 3.90. The van der Waals surface area contributed by atoms with Crippen LogP contribution in [0.2, 0.25) is 0 Å². The van der Waals surface area contributed by atoms with Crippen LogP contribution in [0, 0.1) is 5.41 Å². The van der Waals surface area contributed by atoms with Crippen LogP contribution < -0.4 is 0 Å². The number of hydrogen-bond donors (Lipinski definition) is 0. The molecule has 0 aromatic carbocycles. The second kappa shape index (κ2) is 3.35. The molecule has 0 fully saturated rings. The normalized spacial score (nSPS) is 29.9. The van der Waals surface area contributed by atoms with Gasteiger partial charge in [-0.15, -0.1) is 0 Å². The van der Waals surface area contributed by atoms with Gasteiger partial charge in [-0.2, -0.15) is 0 Å². The average molecular weight is 214 g/mol. The van der Waals surface area contributed by atoms with Gasteiger partial charge < -0.3 is 0 Å². The number of halogens is 1. The molecule has 0 aliphatic carbocycles. The highest BCUT2D eigenvalue weighted by Gasteiger charge is 2.16. The van der Waals surface area contributed by atoms with E-state index in [9.17, 15) is 0 Å². The molecule has 1 atom stereocenters. The van der Waals surface area contributed by atoms with Crippen molar-refractivity contribution in [2.45, 2.75) is 20.3 Å². The fourth-order valence-electron chi connectivity index (χ4n) is 0.948. The van der Waals surface area contributed by atoms with Gasteiger partial charge in [0.25, 0.3) is 0 Å². The molecular weight excluding hydrogens is 202 g/mol. The van der Waals surface area contributed by atoms with Crippen LogP contribution in [0.25, 0.3) is 0 Å². The van der Waals surface area contributed by atoms with Crippen molar-refractivity contribution in [3.63, 3.8) is 0 Å². The summed E-state index contributed by atoms with van der Waals surface area (Å²) in [7, 11) is 0. The van der Waals surface area contributed by atoms with E-state index >= 15 is 0 Å². The van der Waals surface area contributed by atoms with Gasteiger partial charge in [0, 0.05) is 22.3 Å². The molecule has 0 saturated carbocycles. The van der Waals surface area contributed by atoms with Crippen LogP contribution in [0.3, 0.4) is 0 Å². The van der Waals surface area contributed by atoms with Gasteiger partial charge in [-0.05, 0) is 22.4 Å².